The van der Waals surface area contributed by atoms with Crippen LogP contribution in [0.25, 0.3) is 33.2 Å². The van der Waals surface area contributed by atoms with Gasteiger partial charge in [0, 0.05) is 39.3 Å². The Kier molecular flexibility index (Phi) is 9.48. The van der Waals surface area contributed by atoms with Gasteiger partial charge < -0.3 is 14.2 Å². The quantitative estimate of drug-likeness (QED) is 0.164. The van der Waals surface area contributed by atoms with E-state index in [2.05, 4.69) is 232 Å². The van der Waals surface area contributed by atoms with E-state index >= 15 is 0 Å². The summed E-state index contributed by atoms with van der Waals surface area (Å²) in [7, 11) is 0. The van der Waals surface area contributed by atoms with Crippen LogP contribution in [0.2, 0.25) is 0 Å². The molecule has 69 heavy (non-hydrogen) atoms. The molecular weight excluding hydrogens is 836 g/mol. The molecule has 0 bridgehead atoms. The number of fused-ring (bicyclic) bond motifs is 8. The van der Waals surface area contributed by atoms with E-state index < -0.39 is 0 Å². The van der Waals surface area contributed by atoms with Crippen molar-refractivity contribution in [1.29, 1.82) is 0 Å². The zero-order valence-corrected chi connectivity index (χ0v) is 43.0. The SMILES string of the molecule is Cc1cc2c3c(c1)N(c1c(-c4ccccc4)cccc1-c1ccccc1)c1c(oc4ccc(C(C)(C)C)cc14)B3c1cc3c(cc1N2c1ccc2c(c1)C(C)(C)CCC2(C)C)C(C)(C)CCC3(C)C. The number of hydrogen-bond acceptors (Lipinski definition) is 3. The maximum Gasteiger partial charge on any atom is 0.297 e. The van der Waals surface area contributed by atoms with Crippen LogP contribution >= 0.6 is 0 Å². The van der Waals surface area contributed by atoms with Crippen LogP contribution in [0.5, 0.6) is 0 Å². The highest BCUT2D eigenvalue weighted by Crippen LogP contribution is 2.55. The molecule has 7 aromatic carbocycles. The minimum atomic E-state index is -0.151. The van der Waals surface area contributed by atoms with E-state index in [0.29, 0.717) is 0 Å². The third-order valence-electron chi connectivity index (χ3n) is 17.2. The van der Waals surface area contributed by atoms with Crippen LogP contribution in [0.1, 0.15) is 135 Å². The fourth-order valence-electron chi connectivity index (χ4n) is 12.9. The van der Waals surface area contributed by atoms with Gasteiger partial charge in [-0.15, -0.1) is 0 Å². The van der Waals surface area contributed by atoms with E-state index in [1.807, 2.05) is 0 Å². The average molecular weight is 903 g/mol. The Morgan fingerprint density at radius 3 is 1.61 bits per heavy atom. The molecule has 4 heteroatoms. The van der Waals surface area contributed by atoms with Gasteiger partial charge >= 0.3 is 0 Å². The Balaban J connectivity index is 1.25. The predicted octanol–water partition coefficient (Wildman–Crippen LogP) is 16.2. The van der Waals surface area contributed by atoms with Crippen LogP contribution in [0.4, 0.5) is 34.1 Å². The van der Waals surface area contributed by atoms with Gasteiger partial charge in [0.25, 0.3) is 6.71 Å². The lowest BCUT2D eigenvalue weighted by molar-refractivity contribution is 0.332. The van der Waals surface area contributed by atoms with Crippen molar-refractivity contribution < 1.29 is 4.42 Å². The maximum atomic E-state index is 7.58. The minimum Gasteiger partial charge on any atom is -0.468 e. The molecule has 1 aromatic heterocycles. The summed E-state index contributed by atoms with van der Waals surface area (Å²) in [6.45, 7) is 28.8. The van der Waals surface area contributed by atoms with E-state index in [1.165, 1.54) is 95.7 Å². The zero-order valence-electron chi connectivity index (χ0n) is 43.0. The Hall–Kier alpha value is -6.26. The summed E-state index contributed by atoms with van der Waals surface area (Å²) in [4.78, 5) is 5.30. The van der Waals surface area contributed by atoms with E-state index in [1.54, 1.807) is 0 Å². The first kappa shape index (κ1) is 44.0. The topological polar surface area (TPSA) is 19.6 Å². The molecule has 2 aliphatic heterocycles. The van der Waals surface area contributed by atoms with Crippen molar-refractivity contribution in [3.8, 4) is 22.3 Å². The highest BCUT2D eigenvalue weighted by atomic mass is 16.3. The van der Waals surface area contributed by atoms with Gasteiger partial charge in [-0.05, 0) is 158 Å². The molecule has 2 aliphatic carbocycles. The molecular formula is C65H67BN2O. The molecule has 8 aromatic rings. The van der Waals surface area contributed by atoms with Gasteiger partial charge in [0.05, 0.1) is 17.0 Å². The lowest BCUT2D eigenvalue weighted by Gasteiger charge is -2.47. The highest BCUT2D eigenvalue weighted by Gasteiger charge is 2.50. The second-order valence-corrected chi connectivity index (χ2v) is 24.8. The Morgan fingerprint density at radius 1 is 0.493 bits per heavy atom. The molecule has 0 unspecified atom stereocenters. The zero-order chi connectivity index (χ0) is 48.2. The number of para-hydroxylation sites is 1. The van der Waals surface area contributed by atoms with Crippen molar-refractivity contribution in [2.24, 2.45) is 0 Å². The molecule has 0 spiro atoms. The molecule has 12 rings (SSSR count). The van der Waals surface area contributed by atoms with E-state index in [0.717, 1.165) is 47.3 Å². The van der Waals surface area contributed by atoms with Crippen molar-refractivity contribution in [3.63, 3.8) is 0 Å². The first-order valence-electron chi connectivity index (χ1n) is 25.6. The average Bonchev–Trinajstić information content (AvgIpc) is 3.70. The number of rotatable bonds is 4. The summed E-state index contributed by atoms with van der Waals surface area (Å²) in [5, 5.41) is 1.15. The van der Waals surface area contributed by atoms with Crippen molar-refractivity contribution in [2.45, 2.75) is 136 Å². The number of furan rings is 1. The monoisotopic (exact) mass is 903 g/mol. The number of benzene rings is 7. The smallest absolute Gasteiger partial charge is 0.297 e. The number of hydrogen-bond donors (Lipinski definition) is 0. The second kappa shape index (κ2) is 14.9. The molecule has 0 N–H and O–H groups in total. The van der Waals surface area contributed by atoms with Gasteiger partial charge in [-0.25, -0.2) is 0 Å². The number of anilines is 6. The Bertz CT molecular complexity index is 3340. The lowest BCUT2D eigenvalue weighted by Crippen LogP contribution is -2.61. The van der Waals surface area contributed by atoms with E-state index in [4.69, 9.17) is 4.42 Å². The molecule has 0 fully saturated rings. The fourth-order valence-corrected chi connectivity index (χ4v) is 12.9. The van der Waals surface area contributed by atoms with Crippen molar-refractivity contribution >= 4 is 68.4 Å². The van der Waals surface area contributed by atoms with E-state index in [9.17, 15) is 0 Å². The van der Waals surface area contributed by atoms with Crippen molar-refractivity contribution in [3.05, 3.63) is 173 Å². The van der Waals surface area contributed by atoms with Gasteiger partial charge in [-0.2, -0.15) is 0 Å². The summed E-state index contributed by atoms with van der Waals surface area (Å²) < 4.78 is 7.58. The summed E-state index contributed by atoms with van der Waals surface area (Å²) >= 11 is 0. The van der Waals surface area contributed by atoms with Crippen molar-refractivity contribution in [1.82, 2.24) is 0 Å². The van der Waals surface area contributed by atoms with Crippen LogP contribution in [0, 0.1) is 6.92 Å². The van der Waals surface area contributed by atoms with Crippen LogP contribution in [0.15, 0.2) is 144 Å². The molecule has 3 nitrogen and oxygen atoms in total. The van der Waals surface area contributed by atoms with Gasteiger partial charge in [-0.1, -0.05) is 173 Å². The summed E-state index contributed by atoms with van der Waals surface area (Å²) in [5.74, 6) is 0. The maximum absolute atomic E-state index is 7.58. The molecule has 0 saturated carbocycles. The lowest BCUT2D eigenvalue weighted by atomic mass is 9.35. The molecule has 4 aliphatic rings. The van der Waals surface area contributed by atoms with Gasteiger partial charge in [0.15, 0.2) is 0 Å². The van der Waals surface area contributed by atoms with Gasteiger partial charge in [-0.3, -0.25) is 0 Å². The molecule has 3 heterocycles. The summed E-state index contributed by atoms with van der Waals surface area (Å²) in [5.41, 5.74) is 25.1. The molecule has 0 radical (unpaired) electrons. The molecule has 0 saturated heterocycles. The molecule has 346 valence electrons. The highest BCUT2D eigenvalue weighted by molar-refractivity contribution is 7.00. The third kappa shape index (κ3) is 6.67. The van der Waals surface area contributed by atoms with Crippen LogP contribution in [0.3, 0.4) is 0 Å². The Morgan fingerprint density at radius 2 is 1.03 bits per heavy atom. The standard InChI is InChI=1S/C65H67BN2O/c1-40-34-54-57-55(35-40)68(58-45(41-20-15-13-16-21-41)24-19-25-46(58)42-22-17-14-18-23-42)59-47-36-43(61(2,3)4)26-29-56(47)69-60(59)66(57)52-38-50-51(65(11,12)33-32-64(50,9)10)39-53(52)67(54)44-27-28-48-49(37-44)63(7,8)31-30-62(48,5)6/h13-29,34-39H,30-33H2,1-12H3. The summed E-state index contributed by atoms with van der Waals surface area (Å²) in [6.07, 6.45) is 4.65. The first-order valence-corrected chi connectivity index (χ1v) is 25.6. The Labute approximate surface area is 411 Å². The molecule has 0 amide bonds. The summed E-state index contributed by atoms with van der Waals surface area (Å²) in [6, 6.07) is 53.5. The van der Waals surface area contributed by atoms with Gasteiger partial charge in [0.1, 0.15) is 5.58 Å². The van der Waals surface area contributed by atoms with Crippen molar-refractivity contribution in [2.75, 3.05) is 9.80 Å². The van der Waals surface area contributed by atoms with E-state index in [-0.39, 0.29) is 33.8 Å². The van der Waals surface area contributed by atoms with Crippen LogP contribution < -0.4 is 26.4 Å². The van der Waals surface area contributed by atoms with Crippen LogP contribution in [-0.4, -0.2) is 6.71 Å². The van der Waals surface area contributed by atoms with Gasteiger partial charge in [0.2, 0.25) is 0 Å². The fraction of sp³-hybridized carbons (Fsp3) is 0.323. The number of aryl methyl sites for hydroxylation is 1. The number of nitrogens with zero attached hydrogens (tertiary/aromatic N) is 2. The normalized spacial score (nSPS) is 18.0. The minimum absolute atomic E-state index is 0.0146. The third-order valence-corrected chi connectivity index (χ3v) is 17.2. The molecule has 0 atom stereocenters. The first-order chi connectivity index (χ1) is 32.7. The largest absolute Gasteiger partial charge is 0.468 e. The predicted molar refractivity (Wildman–Crippen MR) is 295 cm³/mol. The van der Waals surface area contributed by atoms with Crippen LogP contribution in [-0.2, 0) is 27.1 Å². The second-order valence-electron chi connectivity index (χ2n) is 24.8.